The Bertz CT molecular complexity index is 1330. The molecular weight excluding hydrogens is 440 g/mol. The number of imidazole rings is 1. The van der Waals surface area contributed by atoms with Gasteiger partial charge in [-0.2, -0.15) is 0 Å². The summed E-state index contributed by atoms with van der Waals surface area (Å²) >= 11 is 1.52. The Morgan fingerprint density at radius 3 is 2.38 bits per heavy atom. The van der Waals surface area contributed by atoms with E-state index in [0.29, 0.717) is 16.3 Å². The van der Waals surface area contributed by atoms with E-state index < -0.39 is 10.0 Å². The monoisotopic (exact) mass is 464 g/mol. The summed E-state index contributed by atoms with van der Waals surface area (Å²) < 4.78 is 31.2. The molecular formula is C24H24N4O2S2. The van der Waals surface area contributed by atoms with E-state index in [0.717, 1.165) is 33.2 Å². The maximum absolute atomic E-state index is 13.2. The summed E-state index contributed by atoms with van der Waals surface area (Å²) in [5, 5.41) is 0.784. The van der Waals surface area contributed by atoms with E-state index in [-0.39, 0.29) is 0 Å². The fraction of sp³-hybridized carbons (Fsp3) is 0.167. The van der Waals surface area contributed by atoms with Crippen molar-refractivity contribution in [3.63, 3.8) is 0 Å². The van der Waals surface area contributed by atoms with E-state index in [1.807, 2.05) is 80.1 Å². The second-order valence-corrected chi connectivity index (χ2v) is 10.1. The van der Waals surface area contributed by atoms with Crippen molar-refractivity contribution in [3.8, 4) is 5.82 Å². The molecule has 2 aromatic heterocycles. The van der Waals surface area contributed by atoms with Crippen molar-refractivity contribution in [1.82, 2.24) is 14.5 Å². The van der Waals surface area contributed by atoms with E-state index in [1.165, 1.54) is 11.8 Å². The molecule has 0 unspecified atom stereocenters. The van der Waals surface area contributed by atoms with E-state index in [1.54, 1.807) is 18.5 Å². The first kappa shape index (κ1) is 22.1. The van der Waals surface area contributed by atoms with Gasteiger partial charge in [0.25, 0.3) is 10.0 Å². The lowest BCUT2D eigenvalue weighted by atomic mass is 10.1. The summed E-state index contributed by atoms with van der Waals surface area (Å²) in [6, 6.07) is 16.9. The van der Waals surface area contributed by atoms with Gasteiger partial charge in [0, 0.05) is 24.3 Å². The first-order chi connectivity index (χ1) is 15.3. The van der Waals surface area contributed by atoms with Crippen LogP contribution in [0.2, 0.25) is 0 Å². The minimum absolute atomic E-state index is 0.330. The van der Waals surface area contributed by atoms with Crippen LogP contribution in [0, 0.1) is 20.8 Å². The summed E-state index contributed by atoms with van der Waals surface area (Å²) in [7, 11) is -3.73. The molecule has 0 fully saturated rings. The molecule has 0 spiro atoms. The van der Waals surface area contributed by atoms with Gasteiger partial charge in [-0.05, 0) is 55.7 Å². The third-order valence-electron chi connectivity index (χ3n) is 4.99. The highest BCUT2D eigenvalue weighted by Crippen LogP contribution is 2.30. The number of aryl methyl sites for hydroxylation is 3. The van der Waals surface area contributed by atoms with Gasteiger partial charge in [0.15, 0.2) is 5.16 Å². The Kier molecular flexibility index (Phi) is 6.34. The van der Waals surface area contributed by atoms with Gasteiger partial charge in [-0.25, -0.2) is 18.4 Å². The van der Waals surface area contributed by atoms with Crippen molar-refractivity contribution in [2.24, 2.45) is 0 Å². The van der Waals surface area contributed by atoms with Crippen molar-refractivity contribution in [3.05, 3.63) is 95.4 Å². The van der Waals surface area contributed by atoms with Crippen LogP contribution in [0.1, 0.15) is 22.3 Å². The lowest BCUT2D eigenvalue weighted by Crippen LogP contribution is -2.17. The molecule has 0 bridgehead atoms. The molecule has 0 aliphatic rings. The number of nitrogens with one attached hydrogen (secondary N) is 1. The molecule has 164 valence electrons. The smallest absolute Gasteiger partial charge is 0.262 e. The third kappa shape index (κ3) is 4.71. The Morgan fingerprint density at radius 1 is 0.938 bits per heavy atom. The summed E-state index contributed by atoms with van der Waals surface area (Å²) in [6.07, 6.45) is 5.33. The highest BCUT2D eigenvalue weighted by molar-refractivity contribution is 7.98. The summed E-state index contributed by atoms with van der Waals surface area (Å²) in [5.41, 5.74) is 3.95. The Labute approximate surface area is 192 Å². The zero-order valence-electron chi connectivity index (χ0n) is 18.1. The Morgan fingerprint density at radius 2 is 1.66 bits per heavy atom. The van der Waals surface area contributed by atoms with Crippen LogP contribution in [-0.4, -0.2) is 23.0 Å². The Hall–Kier alpha value is -3.10. The predicted octanol–water partition coefficient (Wildman–Crippen LogP) is 5.29. The van der Waals surface area contributed by atoms with Crippen LogP contribution in [-0.2, 0) is 15.8 Å². The average molecular weight is 465 g/mol. The molecule has 2 heterocycles. The summed E-state index contributed by atoms with van der Waals surface area (Å²) in [5.74, 6) is 1.33. The number of aromatic nitrogens is 3. The fourth-order valence-electron chi connectivity index (χ4n) is 3.74. The van der Waals surface area contributed by atoms with Crippen LogP contribution >= 0.6 is 11.8 Å². The SMILES string of the molecule is Cc1cc(C)c(S(=O)(=O)Nc2ccccc2CSc2nccn2-c2ccccn2)c(C)c1. The molecule has 32 heavy (non-hydrogen) atoms. The molecule has 4 aromatic rings. The topological polar surface area (TPSA) is 76.9 Å². The molecule has 0 saturated carbocycles. The van der Waals surface area contributed by atoms with Gasteiger partial charge in [0.1, 0.15) is 5.82 Å². The molecule has 0 aliphatic heterocycles. The lowest BCUT2D eigenvalue weighted by molar-refractivity contribution is 0.600. The molecule has 0 aliphatic carbocycles. The van der Waals surface area contributed by atoms with Gasteiger partial charge in [-0.15, -0.1) is 0 Å². The lowest BCUT2D eigenvalue weighted by Gasteiger charge is -2.16. The normalized spacial score (nSPS) is 11.5. The van der Waals surface area contributed by atoms with Gasteiger partial charge in [-0.1, -0.05) is 53.7 Å². The number of para-hydroxylation sites is 1. The van der Waals surface area contributed by atoms with Crippen molar-refractivity contribution >= 4 is 27.5 Å². The standard InChI is InChI=1S/C24H24N4O2S2/c1-17-14-18(2)23(19(3)15-17)32(29,30)27-21-9-5-4-8-20(21)16-31-24-26-12-13-28(24)22-10-6-7-11-25-22/h4-15,27H,16H2,1-3H3. The molecule has 0 atom stereocenters. The number of hydrogen-bond donors (Lipinski definition) is 1. The number of anilines is 1. The van der Waals surface area contributed by atoms with Gasteiger partial charge in [-0.3, -0.25) is 9.29 Å². The van der Waals surface area contributed by atoms with E-state index in [2.05, 4.69) is 14.7 Å². The van der Waals surface area contributed by atoms with Crippen molar-refractivity contribution in [1.29, 1.82) is 0 Å². The minimum Gasteiger partial charge on any atom is -0.279 e. The van der Waals surface area contributed by atoms with E-state index >= 15 is 0 Å². The number of hydrogen-bond acceptors (Lipinski definition) is 5. The molecule has 1 N–H and O–H groups in total. The Balaban J connectivity index is 1.58. The first-order valence-corrected chi connectivity index (χ1v) is 12.6. The molecule has 0 radical (unpaired) electrons. The van der Waals surface area contributed by atoms with Gasteiger partial charge in [0.2, 0.25) is 0 Å². The highest BCUT2D eigenvalue weighted by atomic mass is 32.2. The van der Waals surface area contributed by atoms with Crippen LogP contribution < -0.4 is 4.72 Å². The van der Waals surface area contributed by atoms with Crippen LogP contribution in [0.3, 0.4) is 0 Å². The van der Waals surface area contributed by atoms with E-state index in [4.69, 9.17) is 0 Å². The summed E-state index contributed by atoms with van der Waals surface area (Å²) in [6.45, 7) is 5.62. The predicted molar refractivity (Wildman–Crippen MR) is 129 cm³/mol. The second kappa shape index (κ2) is 9.18. The molecule has 8 heteroatoms. The van der Waals surface area contributed by atoms with Gasteiger partial charge >= 0.3 is 0 Å². The number of rotatable bonds is 7. The zero-order valence-corrected chi connectivity index (χ0v) is 19.7. The number of thioether (sulfide) groups is 1. The van der Waals surface area contributed by atoms with Crippen molar-refractivity contribution in [2.75, 3.05) is 4.72 Å². The number of benzene rings is 2. The zero-order chi connectivity index (χ0) is 22.7. The molecule has 0 amide bonds. The molecule has 2 aromatic carbocycles. The maximum Gasteiger partial charge on any atom is 0.262 e. The number of nitrogens with zero attached hydrogens (tertiary/aromatic N) is 3. The maximum atomic E-state index is 13.2. The molecule has 0 saturated heterocycles. The number of pyridine rings is 1. The summed E-state index contributed by atoms with van der Waals surface area (Å²) in [4.78, 5) is 9.15. The third-order valence-corrected chi connectivity index (χ3v) is 7.68. The van der Waals surface area contributed by atoms with Crippen LogP contribution in [0.4, 0.5) is 5.69 Å². The minimum atomic E-state index is -3.73. The fourth-order valence-corrected chi connectivity index (χ4v) is 6.26. The number of sulfonamides is 1. The van der Waals surface area contributed by atoms with Gasteiger partial charge in [0.05, 0.1) is 10.6 Å². The van der Waals surface area contributed by atoms with Gasteiger partial charge < -0.3 is 0 Å². The molecule has 4 rings (SSSR count). The quantitative estimate of drug-likeness (QED) is 0.376. The van der Waals surface area contributed by atoms with Crippen molar-refractivity contribution in [2.45, 2.75) is 36.6 Å². The van der Waals surface area contributed by atoms with Crippen molar-refractivity contribution < 1.29 is 8.42 Å². The van der Waals surface area contributed by atoms with Crippen LogP contribution in [0.15, 0.2) is 83.2 Å². The average Bonchev–Trinajstić information content (AvgIpc) is 3.21. The largest absolute Gasteiger partial charge is 0.279 e. The highest BCUT2D eigenvalue weighted by Gasteiger charge is 2.21. The molecule has 6 nitrogen and oxygen atoms in total. The van der Waals surface area contributed by atoms with Crippen LogP contribution in [0.25, 0.3) is 5.82 Å². The van der Waals surface area contributed by atoms with E-state index in [9.17, 15) is 8.42 Å². The van der Waals surface area contributed by atoms with Crippen LogP contribution in [0.5, 0.6) is 0 Å². The first-order valence-electron chi connectivity index (χ1n) is 10.1. The second-order valence-electron chi connectivity index (χ2n) is 7.55.